The minimum Gasteiger partial charge on any atom is -0.507 e. The van der Waals surface area contributed by atoms with Gasteiger partial charge in [-0.25, -0.2) is 0 Å². The van der Waals surface area contributed by atoms with Crippen LogP contribution in [0.5, 0.6) is 5.75 Å². The molecule has 1 heterocycles. The second-order valence-electron chi connectivity index (χ2n) is 6.28. The van der Waals surface area contributed by atoms with Crippen LogP contribution in [0.2, 0.25) is 0 Å². The lowest BCUT2D eigenvalue weighted by atomic mass is 10.0. The number of phenols is 1. The molecule has 0 aliphatic rings. The van der Waals surface area contributed by atoms with Crippen LogP contribution in [-0.4, -0.2) is 49.4 Å². The maximum atomic E-state index is 12.2. The van der Waals surface area contributed by atoms with Crippen LogP contribution in [0.3, 0.4) is 0 Å². The number of nitrogens with one attached hydrogen (secondary N) is 1. The molecule has 6 heteroatoms. The third kappa shape index (κ3) is 3.76. The zero-order chi connectivity index (χ0) is 18.7. The van der Waals surface area contributed by atoms with Gasteiger partial charge in [-0.05, 0) is 54.7 Å². The third-order valence-electron chi connectivity index (χ3n) is 4.12. The van der Waals surface area contributed by atoms with Gasteiger partial charge in [-0.2, -0.15) is 0 Å². The van der Waals surface area contributed by atoms with Crippen molar-refractivity contribution in [2.75, 3.05) is 27.2 Å². The van der Waals surface area contributed by atoms with E-state index in [0.717, 1.165) is 22.4 Å². The zero-order valence-corrected chi connectivity index (χ0v) is 15.5. The molecule has 0 radical (unpaired) electrons. The van der Waals surface area contributed by atoms with Crippen molar-refractivity contribution in [1.29, 1.82) is 0 Å². The van der Waals surface area contributed by atoms with Crippen molar-refractivity contribution in [3.05, 3.63) is 52.9 Å². The summed E-state index contributed by atoms with van der Waals surface area (Å²) >= 11 is 1.43. The zero-order valence-electron chi connectivity index (χ0n) is 14.7. The summed E-state index contributed by atoms with van der Waals surface area (Å²) in [4.78, 5) is 27.1. The average Bonchev–Trinajstić information content (AvgIpc) is 3.11. The number of benzene rings is 2. The molecule has 0 aliphatic carbocycles. The monoisotopic (exact) mass is 368 g/mol. The number of aldehydes is 1. The van der Waals surface area contributed by atoms with Gasteiger partial charge in [0.2, 0.25) is 0 Å². The summed E-state index contributed by atoms with van der Waals surface area (Å²) in [6, 6.07) is 12.7. The van der Waals surface area contributed by atoms with E-state index in [4.69, 9.17) is 0 Å². The quantitative estimate of drug-likeness (QED) is 0.655. The minimum atomic E-state index is -0.0722. The highest BCUT2D eigenvalue weighted by atomic mass is 32.1. The number of hydrogen-bond acceptors (Lipinski definition) is 5. The Bertz CT molecular complexity index is 963. The van der Waals surface area contributed by atoms with Gasteiger partial charge in [-0.15, -0.1) is 11.3 Å². The van der Waals surface area contributed by atoms with E-state index >= 15 is 0 Å². The van der Waals surface area contributed by atoms with Crippen molar-refractivity contribution in [3.8, 4) is 16.2 Å². The molecule has 2 aromatic carbocycles. The van der Waals surface area contributed by atoms with Crippen molar-refractivity contribution in [1.82, 2.24) is 10.2 Å². The molecule has 0 fully saturated rings. The first-order valence-corrected chi connectivity index (χ1v) is 9.05. The maximum absolute atomic E-state index is 12.2. The Morgan fingerprint density at radius 1 is 1.19 bits per heavy atom. The fourth-order valence-electron chi connectivity index (χ4n) is 2.71. The predicted molar refractivity (Wildman–Crippen MR) is 105 cm³/mol. The van der Waals surface area contributed by atoms with Crippen LogP contribution in [0.1, 0.15) is 20.0 Å². The Balaban J connectivity index is 1.84. The molecule has 1 amide bonds. The average molecular weight is 368 g/mol. The summed E-state index contributed by atoms with van der Waals surface area (Å²) in [6.07, 6.45) is 0.665. The van der Waals surface area contributed by atoms with Crippen molar-refractivity contribution in [2.45, 2.75) is 0 Å². The fraction of sp³-hybridized carbons (Fsp3) is 0.200. The Hall–Kier alpha value is -2.70. The molecule has 0 bridgehead atoms. The van der Waals surface area contributed by atoms with Gasteiger partial charge < -0.3 is 15.3 Å². The van der Waals surface area contributed by atoms with Gasteiger partial charge in [0.25, 0.3) is 5.91 Å². The lowest BCUT2D eigenvalue weighted by Crippen LogP contribution is -2.30. The number of carbonyl (C=O) groups excluding carboxylic acids is 2. The molecular formula is C20H20N2O3S. The van der Waals surface area contributed by atoms with E-state index < -0.39 is 0 Å². The van der Waals surface area contributed by atoms with Gasteiger partial charge in [0.15, 0.2) is 6.29 Å². The largest absolute Gasteiger partial charge is 0.507 e. The molecule has 0 saturated carbocycles. The first-order chi connectivity index (χ1) is 12.5. The minimum absolute atomic E-state index is 0.0203. The Labute approximate surface area is 155 Å². The summed E-state index contributed by atoms with van der Waals surface area (Å²) in [7, 11) is 3.93. The second kappa shape index (κ2) is 7.68. The highest BCUT2D eigenvalue weighted by Gasteiger charge is 2.12. The van der Waals surface area contributed by atoms with Crippen LogP contribution in [-0.2, 0) is 0 Å². The molecule has 134 valence electrons. The summed E-state index contributed by atoms with van der Waals surface area (Å²) in [5.74, 6) is -0.0925. The molecule has 3 aromatic rings. The summed E-state index contributed by atoms with van der Waals surface area (Å²) in [5, 5.41) is 14.3. The molecule has 1 aromatic heterocycles. The van der Waals surface area contributed by atoms with Crippen molar-refractivity contribution >= 4 is 34.3 Å². The fourth-order valence-corrected chi connectivity index (χ4v) is 3.63. The first-order valence-electron chi connectivity index (χ1n) is 8.23. The number of thiophene rings is 1. The lowest BCUT2D eigenvalue weighted by molar-refractivity contribution is 0.0954. The molecule has 26 heavy (non-hydrogen) atoms. The van der Waals surface area contributed by atoms with E-state index in [-0.39, 0.29) is 11.7 Å². The standard InChI is InChI=1S/C20H20N2O3S/c1-22(2)10-9-21-20(25)19-8-7-18(26-19)14-3-5-15-13(11-14)4-6-17(24)16(15)12-23/h3-8,11-12,24H,9-10H2,1-2H3,(H,21,25). The number of carbonyl (C=O) groups is 2. The van der Waals surface area contributed by atoms with E-state index in [1.807, 2.05) is 49.3 Å². The Morgan fingerprint density at radius 3 is 2.73 bits per heavy atom. The molecule has 0 atom stereocenters. The molecule has 2 N–H and O–H groups in total. The Morgan fingerprint density at radius 2 is 2.00 bits per heavy atom. The Kier molecular flexibility index (Phi) is 5.35. The normalized spacial score (nSPS) is 11.0. The smallest absolute Gasteiger partial charge is 0.261 e. The summed E-state index contributed by atoms with van der Waals surface area (Å²) < 4.78 is 0. The molecular weight excluding hydrogens is 348 g/mol. The van der Waals surface area contributed by atoms with Crippen LogP contribution in [0.15, 0.2) is 42.5 Å². The van der Waals surface area contributed by atoms with Gasteiger partial charge in [-0.1, -0.05) is 18.2 Å². The van der Waals surface area contributed by atoms with E-state index in [2.05, 4.69) is 5.32 Å². The lowest BCUT2D eigenvalue weighted by Gasteiger charge is -2.09. The molecule has 0 spiro atoms. The number of aromatic hydroxyl groups is 1. The van der Waals surface area contributed by atoms with Crippen LogP contribution in [0.25, 0.3) is 21.2 Å². The highest BCUT2D eigenvalue weighted by Crippen LogP contribution is 2.33. The van der Waals surface area contributed by atoms with Gasteiger partial charge in [-0.3, -0.25) is 9.59 Å². The summed E-state index contributed by atoms with van der Waals surface area (Å²) in [6.45, 7) is 1.40. The molecule has 0 unspecified atom stereocenters. The molecule has 3 rings (SSSR count). The number of likely N-dealkylation sites (N-methyl/N-ethyl adjacent to an activating group) is 1. The molecule has 0 saturated heterocycles. The van der Waals surface area contributed by atoms with Crippen molar-refractivity contribution in [3.63, 3.8) is 0 Å². The SMILES string of the molecule is CN(C)CCNC(=O)c1ccc(-c2ccc3c(C=O)c(O)ccc3c2)s1. The van der Waals surface area contributed by atoms with Crippen LogP contribution >= 0.6 is 11.3 Å². The number of hydrogen-bond donors (Lipinski definition) is 2. The van der Waals surface area contributed by atoms with Gasteiger partial charge in [0, 0.05) is 18.0 Å². The van der Waals surface area contributed by atoms with Gasteiger partial charge >= 0.3 is 0 Å². The van der Waals surface area contributed by atoms with Crippen molar-refractivity contribution in [2.24, 2.45) is 0 Å². The summed E-state index contributed by atoms with van der Waals surface area (Å²) in [5.41, 5.74) is 1.26. The third-order valence-corrected chi connectivity index (χ3v) is 5.25. The molecule has 5 nitrogen and oxygen atoms in total. The van der Waals surface area contributed by atoms with E-state index in [0.29, 0.717) is 28.7 Å². The van der Waals surface area contributed by atoms with E-state index in [9.17, 15) is 14.7 Å². The van der Waals surface area contributed by atoms with Crippen LogP contribution in [0.4, 0.5) is 0 Å². The number of amides is 1. The highest BCUT2D eigenvalue weighted by molar-refractivity contribution is 7.17. The van der Waals surface area contributed by atoms with Gasteiger partial charge in [0.1, 0.15) is 5.75 Å². The van der Waals surface area contributed by atoms with Crippen LogP contribution in [0, 0.1) is 0 Å². The number of nitrogens with zero attached hydrogens (tertiary/aromatic N) is 1. The number of fused-ring (bicyclic) bond motifs is 1. The predicted octanol–water partition coefficient (Wildman–Crippen LogP) is 3.38. The van der Waals surface area contributed by atoms with Crippen LogP contribution < -0.4 is 5.32 Å². The number of rotatable bonds is 6. The van der Waals surface area contributed by atoms with Gasteiger partial charge in [0.05, 0.1) is 10.4 Å². The molecule has 0 aliphatic heterocycles. The van der Waals surface area contributed by atoms with E-state index in [1.165, 1.54) is 17.4 Å². The number of phenolic OH excluding ortho intramolecular Hbond substituents is 1. The second-order valence-corrected chi connectivity index (χ2v) is 7.36. The van der Waals surface area contributed by atoms with Crippen molar-refractivity contribution < 1.29 is 14.7 Å². The maximum Gasteiger partial charge on any atom is 0.261 e. The first kappa shape index (κ1) is 18.1. The topological polar surface area (TPSA) is 69.6 Å². The van der Waals surface area contributed by atoms with E-state index in [1.54, 1.807) is 6.07 Å².